The molecule has 6 heteroatoms. The van der Waals surface area contributed by atoms with Crippen molar-refractivity contribution in [2.75, 3.05) is 0 Å². The molecule has 0 aliphatic rings. The van der Waals surface area contributed by atoms with Gasteiger partial charge < -0.3 is 5.11 Å². The van der Waals surface area contributed by atoms with Crippen molar-refractivity contribution in [3.05, 3.63) is 34.8 Å². The van der Waals surface area contributed by atoms with Gasteiger partial charge in [-0.05, 0) is 24.3 Å². The van der Waals surface area contributed by atoms with Crippen LogP contribution in [-0.4, -0.2) is 19.7 Å². The van der Waals surface area contributed by atoms with Crippen LogP contribution in [0, 0.1) is 0 Å². The van der Waals surface area contributed by atoms with Crippen LogP contribution in [0.3, 0.4) is 0 Å². The van der Waals surface area contributed by atoms with Gasteiger partial charge in [-0.1, -0.05) is 11.6 Å². The van der Waals surface area contributed by atoms with E-state index in [1.54, 1.807) is 22.7 Å². The van der Waals surface area contributed by atoms with Crippen LogP contribution >= 0.6 is 22.9 Å². The summed E-state index contributed by atoms with van der Waals surface area (Å²) in [6.07, 6.45) is 1.80. The first-order valence-electron chi connectivity index (χ1n) is 4.54. The molecule has 3 rings (SSSR count). The predicted molar refractivity (Wildman–Crippen MR) is 63.0 cm³/mol. The van der Waals surface area contributed by atoms with E-state index in [9.17, 15) is 5.11 Å². The fourth-order valence-electron chi connectivity index (χ4n) is 1.50. The van der Waals surface area contributed by atoms with Crippen molar-refractivity contribution in [1.82, 2.24) is 14.6 Å². The Morgan fingerprint density at radius 3 is 2.88 bits per heavy atom. The highest BCUT2D eigenvalue weighted by Crippen LogP contribution is 2.31. The molecule has 0 unspecified atom stereocenters. The third kappa shape index (κ3) is 1.36. The molecule has 0 aliphatic carbocycles. The van der Waals surface area contributed by atoms with Crippen molar-refractivity contribution in [2.24, 2.45) is 0 Å². The molecule has 80 valence electrons. The lowest BCUT2D eigenvalue weighted by molar-refractivity contribution is 0.477. The van der Waals surface area contributed by atoms with Crippen LogP contribution in [0.4, 0.5) is 0 Å². The van der Waals surface area contributed by atoms with Crippen molar-refractivity contribution in [2.45, 2.75) is 0 Å². The summed E-state index contributed by atoms with van der Waals surface area (Å²) in [4.78, 5) is 0.920. The second kappa shape index (κ2) is 3.47. The quantitative estimate of drug-likeness (QED) is 0.724. The third-order valence-corrected chi connectivity index (χ3v) is 3.43. The Hall–Kier alpha value is -1.59. The number of thiophene rings is 1. The summed E-state index contributed by atoms with van der Waals surface area (Å²) in [6, 6.07) is 7.01. The van der Waals surface area contributed by atoms with Gasteiger partial charge in [0.05, 0.1) is 9.21 Å². The summed E-state index contributed by atoms with van der Waals surface area (Å²) in [7, 11) is 0. The molecule has 3 heterocycles. The van der Waals surface area contributed by atoms with Crippen molar-refractivity contribution in [3.63, 3.8) is 0 Å². The van der Waals surface area contributed by atoms with Gasteiger partial charge in [0.25, 0.3) is 0 Å². The molecule has 0 amide bonds. The maximum atomic E-state index is 9.59. The van der Waals surface area contributed by atoms with E-state index < -0.39 is 0 Å². The Morgan fingerprint density at radius 1 is 1.25 bits per heavy atom. The molecule has 0 bridgehead atoms. The van der Waals surface area contributed by atoms with E-state index in [0.717, 1.165) is 4.88 Å². The number of aromatic nitrogens is 3. The zero-order chi connectivity index (χ0) is 11.1. The molecule has 0 atom stereocenters. The van der Waals surface area contributed by atoms with Gasteiger partial charge in [0.2, 0.25) is 5.65 Å². The van der Waals surface area contributed by atoms with Gasteiger partial charge in [0.15, 0.2) is 11.6 Å². The van der Waals surface area contributed by atoms with Crippen molar-refractivity contribution in [3.8, 4) is 16.5 Å². The molecule has 0 aromatic carbocycles. The number of nitrogens with zero attached hydrogens (tertiary/aromatic N) is 3. The molecule has 0 spiro atoms. The van der Waals surface area contributed by atoms with E-state index in [1.165, 1.54) is 11.3 Å². The summed E-state index contributed by atoms with van der Waals surface area (Å²) in [6.45, 7) is 0. The first-order valence-corrected chi connectivity index (χ1v) is 5.73. The molecule has 1 N–H and O–H groups in total. The molecular weight excluding hydrogens is 246 g/mol. The third-order valence-electron chi connectivity index (χ3n) is 2.21. The molecule has 0 fully saturated rings. The number of pyridine rings is 1. The molecule has 0 saturated heterocycles. The van der Waals surface area contributed by atoms with Crippen LogP contribution in [0.2, 0.25) is 4.34 Å². The normalized spacial score (nSPS) is 11.1. The van der Waals surface area contributed by atoms with Crippen LogP contribution in [0.1, 0.15) is 0 Å². The fraction of sp³-hybridized carbons (Fsp3) is 0. The Kier molecular flexibility index (Phi) is 2.08. The lowest BCUT2D eigenvalue weighted by Gasteiger charge is -1.97. The Morgan fingerprint density at radius 2 is 2.12 bits per heavy atom. The Labute approximate surface area is 99.8 Å². The highest BCUT2D eigenvalue weighted by atomic mass is 35.5. The van der Waals surface area contributed by atoms with Crippen molar-refractivity contribution in [1.29, 1.82) is 0 Å². The van der Waals surface area contributed by atoms with Gasteiger partial charge in [-0.15, -0.1) is 21.5 Å². The highest BCUT2D eigenvalue weighted by molar-refractivity contribution is 7.19. The molecular formula is C10H6ClN3OS. The Balaban J connectivity index is 2.29. The monoisotopic (exact) mass is 251 g/mol. The predicted octanol–water partition coefficient (Wildman–Crippen LogP) is 2.82. The summed E-state index contributed by atoms with van der Waals surface area (Å²) in [5.74, 6) is 0.798. The first-order chi connectivity index (χ1) is 7.75. The average Bonchev–Trinajstić information content (AvgIpc) is 2.84. The Bertz CT molecular complexity index is 661. The minimum atomic E-state index is 0.115. The average molecular weight is 252 g/mol. The van der Waals surface area contributed by atoms with Gasteiger partial charge in [0.1, 0.15) is 0 Å². The zero-order valence-electron chi connectivity index (χ0n) is 7.96. The summed E-state index contributed by atoms with van der Waals surface area (Å²) in [5, 5.41) is 17.6. The number of fused-ring (bicyclic) bond motifs is 1. The summed E-state index contributed by atoms with van der Waals surface area (Å²) >= 11 is 7.30. The SMILES string of the molecule is Oc1cccn2c(-c3ccc(Cl)s3)nnc12. The topological polar surface area (TPSA) is 50.4 Å². The molecule has 16 heavy (non-hydrogen) atoms. The zero-order valence-corrected chi connectivity index (χ0v) is 9.53. The second-order valence-corrected chi connectivity index (χ2v) is 4.93. The van der Waals surface area contributed by atoms with E-state index in [2.05, 4.69) is 10.2 Å². The lowest BCUT2D eigenvalue weighted by Crippen LogP contribution is -1.86. The van der Waals surface area contributed by atoms with Gasteiger partial charge in [0, 0.05) is 6.20 Å². The van der Waals surface area contributed by atoms with E-state index >= 15 is 0 Å². The van der Waals surface area contributed by atoms with E-state index in [4.69, 9.17) is 11.6 Å². The van der Waals surface area contributed by atoms with Crippen LogP contribution < -0.4 is 0 Å². The number of aromatic hydroxyl groups is 1. The minimum Gasteiger partial charge on any atom is -0.504 e. The van der Waals surface area contributed by atoms with Crippen molar-refractivity contribution >= 4 is 28.6 Å². The summed E-state index contributed by atoms with van der Waals surface area (Å²) in [5.41, 5.74) is 0.446. The van der Waals surface area contributed by atoms with Gasteiger partial charge in [-0.3, -0.25) is 4.40 Å². The van der Waals surface area contributed by atoms with Gasteiger partial charge in [-0.25, -0.2) is 0 Å². The maximum absolute atomic E-state index is 9.59. The van der Waals surface area contributed by atoms with Gasteiger partial charge >= 0.3 is 0 Å². The molecule has 3 aromatic rings. The molecule has 0 radical (unpaired) electrons. The van der Waals surface area contributed by atoms with E-state index in [0.29, 0.717) is 15.8 Å². The fourth-order valence-corrected chi connectivity index (χ4v) is 2.53. The van der Waals surface area contributed by atoms with Crippen LogP contribution in [0.15, 0.2) is 30.5 Å². The van der Waals surface area contributed by atoms with Crippen LogP contribution in [0.25, 0.3) is 16.3 Å². The van der Waals surface area contributed by atoms with Crippen LogP contribution in [-0.2, 0) is 0 Å². The standard InChI is InChI=1S/C10H6ClN3OS/c11-8-4-3-7(16-8)10-13-12-9-6(15)2-1-5-14(9)10/h1-5,15H. The van der Waals surface area contributed by atoms with Crippen LogP contribution in [0.5, 0.6) is 5.75 Å². The summed E-state index contributed by atoms with van der Waals surface area (Å²) < 4.78 is 2.43. The number of hydrogen-bond acceptors (Lipinski definition) is 4. The number of hydrogen-bond donors (Lipinski definition) is 1. The molecule has 0 saturated carbocycles. The first kappa shape index (κ1) is 9.62. The van der Waals surface area contributed by atoms with E-state index in [1.807, 2.05) is 12.1 Å². The second-order valence-electron chi connectivity index (χ2n) is 3.21. The maximum Gasteiger partial charge on any atom is 0.203 e. The molecule has 0 aliphatic heterocycles. The molecule has 4 nitrogen and oxygen atoms in total. The number of rotatable bonds is 1. The minimum absolute atomic E-state index is 0.115. The molecule has 3 aromatic heterocycles. The van der Waals surface area contributed by atoms with Crippen molar-refractivity contribution < 1.29 is 5.11 Å². The van der Waals surface area contributed by atoms with Gasteiger partial charge in [-0.2, -0.15) is 0 Å². The number of halogens is 1. The lowest BCUT2D eigenvalue weighted by atomic mass is 10.4. The highest BCUT2D eigenvalue weighted by Gasteiger charge is 2.11. The van der Waals surface area contributed by atoms with E-state index in [-0.39, 0.29) is 5.75 Å². The largest absolute Gasteiger partial charge is 0.504 e. The smallest absolute Gasteiger partial charge is 0.203 e.